The molecule has 4 heteroatoms. The number of halogens is 1. The Bertz CT molecular complexity index is 457. The van der Waals surface area contributed by atoms with Crippen LogP contribution in [0.2, 0.25) is 5.02 Å². The molecule has 14 heavy (non-hydrogen) atoms. The number of hydrogen-bond acceptors (Lipinski definition) is 2. The van der Waals surface area contributed by atoms with Crippen molar-refractivity contribution in [3.8, 4) is 11.5 Å². The summed E-state index contributed by atoms with van der Waals surface area (Å²) in [6.45, 7) is 1.79. The number of carbonyl (C=O) groups is 1. The first-order valence-corrected chi connectivity index (χ1v) is 4.49. The molecule has 2 aromatic heterocycles. The van der Waals surface area contributed by atoms with E-state index in [1.807, 2.05) is 0 Å². The second-order valence-electron chi connectivity index (χ2n) is 2.95. The number of aldehydes is 1. The molecule has 0 amide bonds. The number of aryl methyl sites for hydroxylation is 1. The summed E-state index contributed by atoms with van der Waals surface area (Å²) in [5.74, 6) is 0.631. The van der Waals surface area contributed by atoms with Gasteiger partial charge >= 0.3 is 0 Å². The van der Waals surface area contributed by atoms with Crippen LogP contribution in [-0.2, 0) is 0 Å². The Kier molecular flexibility index (Phi) is 2.17. The number of aromatic nitrogens is 1. The maximum atomic E-state index is 10.7. The Balaban J connectivity index is 2.61. The van der Waals surface area contributed by atoms with Crippen LogP contribution in [0.4, 0.5) is 0 Å². The minimum Gasteiger partial charge on any atom is -0.463 e. The molecule has 0 aromatic carbocycles. The highest BCUT2D eigenvalue weighted by molar-refractivity contribution is 6.35. The van der Waals surface area contributed by atoms with Crippen molar-refractivity contribution in [2.24, 2.45) is 0 Å². The van der Waals surface area contributed by atoms with Crippen LogP contribution in [0, 0.1) is 6.92 Å². The van der Waals surface area contributed by atoms with Crippen molar-refractivity contribution in [1.82, 2.24) is 4.98 Å². The van der Waals surface area contributed by atoms with Crippen LogP contribution < -0.4 is 0 Å². The summed E-state index contributed by atoms with van der Waals surface area (Å²) in [5, 5.41) is 0.410. The van der Waals surface area contributed by atoms with Crippen LogP contribution in [0.25, 0.3) is 11.5 Å². The van der Waals surface area contributed by atoms with Crippen molar-refractivity contribution >= 4 is 17.9 Å². The summed E-state index contributed by atoms with van der Waals surface area (Å²) >= 11 is 6.00. The van der Waals surface area contributed by atoms with Crippen molar-refractivity contribution < 1.29 is 9.21 Å². The molecule has 0 spiro atoms. The molecule has 3 nitrogen and oxygen atoms in total. The van der Waals surface area contributed by atoms with E-state index >= 15 is 0 Å². The average Bonchev–Trinajstić information content (AvgIpc) is 2.74. The predicted molar refractivity (Wildman–Crippen MR) is 53.6 cm³/mol. The van der Waals surface area contributed by atoms with Crippen molar-refractivity contribution in [3.05, 3.63) is 34.7 Å². The van der Waals surface area contributed by atoms with Crippen LogP contribution in [0.1, 0.15) is 16.1 Å². The quantitative estimate of drug-likeness (QED) is 0.773. The zero-order valence-electron chi connectivity index (χ0n) is 7.50. The Morgan fingerprint density at radius 2 is 2.36 bits per heavy atom. The first-order valence-electron chi connectivity index (χ1n) is 4.11. The molecule has 2 aromatic rings. The highest BCUT2D eigenvalue weighted by Crippen LogP contribution is 2.31. The maximum Gasteiger partial charge on any atom is 0.153 e. The number of H-pyrrole nitrogens is 1. The van der Waals surface area contributed by atoms with Gasteiger partial charge in [0.15, 0.2) is 12.0 Å². The van der Waals surface area contributed by atoms with Crippen LogP contribution in [-0.4, -0.2) is 11.3 Å². The van der Waals surface area contributed by atoms with Gasteiger partial charge in [0.05, 0.1) is 16.8 Å². The molecular weight excluding hydrogens is 202 g/mol. The number of rotatable bonds is 2. The van der Waals surface area contributed by atoms with Crippen LogP contribution >= 0.6 is 11.6 Å². The summed E-state index contributed by atoms with van der Waals surface area (Å²) in [7, 11) is 0. The summed E-state index contributed by atoms with van der Waals surface area (Å²) in [4.78, 5) is 13.7. The molecule has 0 saturated heterocycles. The highest BCUT2D eigenvalue weighted by atomic mass is 35.5. The third-order valence-electron chi connectivity index (χ3n) is 2.06. The number of furan rings is 1. The number of aromatic amines is 1. The topological polar surface area (TPSA) is 46.0 Å². The molecule has 0 fully saturated rings. The smallest absolute Gasteiger partial charge is 0.153 e. The van der Waals surface area contributed by atoms with Gasteiger partial charge in [-0.3, -0.25) is 4.79 Å². The highest BCUT2D eigenvalue weighted by Gasteiger charge is 2.15. The summed E-state index contributed by atoms with van der Waals surface area (Å²) in [6, 6.07) is 3.55. The fraction of sp³-hybridized carbons (Fsp3) is 0.100. The Morgan fingerprint density at radius 3 is 2.86 bits per heavy atom. The fourth-order valence-corrected chi connectivity index (χ4v) is 1.67. The van der Waals surface area contributed by atoms with Gasteiger partial charge in [-0.05, 0) is 19.1 Å². The lowest BCUT2D eigenvalue weighted by Crippen LogP contribution is -1.79. The van der Waals surface area contributed by atoms with Crippen molar-refractivity contribution in [2.45, 2.75) is 6.92 Å². The molecule has 2 heterocycles. The molecule has 0 atom stereocenters. The monoisotopic (exact) mass is 209 g/mol. The fourth-order valence-electron chi connectivity index (χ4n) is 1.34. The van der Waals surface area contributed by atoms with E-state index < -0.39 is 0 Å². The van der Waals surface area contributed by atoms with Crippen molar-refractivity contribution in [2.75, 3.05) is 0 Å². The molecule has 0 unspecified atom stereocenters. The molecular formula is C10H8ClNO2. The van der Waals surface area contributed by atoms with Gasteiger partial charge in [-0.25, -0.2) is 0 Å². The zero-order valence-corrected chi connectivity index (χ0v) is 8.26. The van der Waals surface area contributed by atoms with E-state index in [0.29, 0.717) is 22.0 Å². The maximum absolute atomic E-state index is 10.7. The third-order valence-corrected chi connectivity index (χ3v) is 2.45. The lowest BCUT2D eigenvalue weighted by molar-refractivity contribution is 0.112. The summed E-state index contributed by atoms with van der Waals surface area (Å²) < 4.78 is 5.18. The van der Waals surface area contributed by atoms with Gasteiger partial charge in [0, 0.05) is 5.69 Å². The minimum absolute atomic E-state index is 0.410. The van der Waals surface area contributed by atoms with Gasteiger partial charge in [-0.2, -0.15) is 0 Å². The van der Waals surface area contributed by atoms with E-state index in [-0.39, 0.29) is 0 Å². The Labute approximate surface area is 85.7 Å². The van der Waals surface area contributed by atoms with Crippen LogP contribution in [0.15, 0.2) is 22.8 Å². The molecule has 0 radical (unpaired) electrons. The normalized spacial score (nSPS) is 10.4. The van der Waals surface area contributed by atoms with E-state index in [0.717, 1.165) is 12.0 Å². The number of carbonyl (C=O) groups excluding carboxylic acids is 1. The van der Waals surface area contributed by atoms with Gasteiger partial charge in [-0.1, -0.05) is 11.6 Å². The Morgan fingerprint density at radius 1 is 1.57 bits per heavy atom. The molecule has 72 valence electrons. The molecule has 1 N–H and O–H groups in total. The molecule has 0 aliphatic rings. The molecule has 0 bridgehead atoms. The lowest BCUT2D eigenvalue weighted by atomic mass is 10.2. The van der Waals surface area contributed by atoms with Gasteiger partial charge in [0.2, 0.25) is 0 Å². The Hall–Kier alpha value is -1.48. The summed E-state index contributed by atoms with van der Waals surface area (Å²) in [6.07, 6.45) is 2.29. The molecule has 0 aliphatic carbocycles. The molecule has 0 aliphatic heterocycles. The second kappa shape index (κ2) is 3.35. The lowest BCUT2D eigenvalue weighted by Gasteiger charge is -1.91. The standard InChI is InChI=1S/C10H8ClNO2/c1-6-7(5-13)9(11)10(12-6)8-3-2-4-14-8/h2-5,12H,1H3. The van der Waals surface area contributed by atoms with E-state index in [9.17, 15) is 4.79 Å². The molecule has 0 saturated carbocycles. The molecule has 2 rings (SSSR count). The van der Waals surface area contributed by atoms with Gasteiger partial charge in [0.25, 0.3) is 0 Å². The number of hydrogen-bond donors (Lipinski definition) is 1. The second-order valence-corrected chi connectivity index (χ2v) is 3.33. The van der Waals surface area contributed by atoms with E-state index in [2.05, 4.69) is 4.98 Å². The minimum atomic E-state index is 0.410. The van der Waals surface area contributed by atoms with E-state index in [4.69, 9.17) is 16.0 Å². The first kappa shape index (κ1) is 9.09. The SMILES string of the molecule is Cc1[nH]c(-c2ccco2)c(Cl)c1C=O. The predicted octanol–water partition coefficient (Wildman–Crippen LogP) is 3.05. The largest absolute Gasteiger partial charge is 0.463 e. The van der Waals surface area contributed by atoms with E-state index in [1.54, 1.807) is 25.3 Å². The average molecular weight is 210 g/mol. The van der Waals surface area contributed by atoms with Crippen molar-refractivity contribution in [3.63, 3.8) is 0 Å². The van der Waals surface area contributed by atoms with Crippen LogP contribution in [0.5, 0.6) is 0 Å². The number of nitrogens with one attached hydrogen (secondary N) is 1. The third kappa shape index (κ3) is 1.26. The van der Waals surface area contributed by atoms with Gasteiger partial charge in [-0.15, -0.1) is 0 Å². The summed E-state index contributed by atoms with van der Waals surface area (Å²) in [5.41, 5.74) is 1.88. The van der Waals surface area contributed by atoms with Crippen LogP contribution in [0.3, 0.4) is 0 Å². The first-order chi connectivity index (χ1) is 6.74. The van der Waals surface area contributed by atoms with Gasteiger partial charge < -0.3 is 9.40 Å². The van der Waals surface area contributed by atoms with Gasteiger partial charge in [0.1, 0.15) is 5.69 Å². The van der Waals surface area contributed by atoms with E-state index in [1.165, 1.54) is 0 Å². The zero-order chi connectivity index (χ0) is 10.1. The van der Waals surface area contributed by atoms with Crippen molar-refractivity contribution in [1.29, 1.82) is 0 Å².